The molecular weight excluding hydrogens is 1610 g/mol. The van der Waals surface area contributed by atoms with Gasteiger partial charge in [0.05, 0.1) is 113 Å². The lowest BCUT2D eigenvalue weighted by atomic mass is 9.97. The average molecular weight is 1730 g/mol. The molecule has 2 aliphatic carbocycles. The summed E-state index contributed by atoms with van der Waals surface area (Å²) in [4.78, 5) is 121. The van der Waals surface area contributed by atoms with E-state index >= 15 is 0 Å². The molecule has 6 aliphatic heterocycles. The number of carboxylic acid groups (broad SMARTS) is 1. The summed E-state index contributed by atoms with van der Waals surface area (Å²) < 4.78 is 18.8. The van der Waals surface area contributed by atoms with Gasteiger partial charge in [-0.05, 0) is 165 Å². The van der Waals surface area contributed by atoms with Crippen LogP contribution >= 0.6 is 0 Å². The number of nitriles is 2. The standard InChI is InChI=1S/C48H59N9O6.C40H46N8O3.C8H15NO4/c1-7-28(4)41(55-47(61)63-6)45(59)56-25-29(22-49)18-38(56)42-50-24-37(53-42)35-15-14-33-19-32(12-13-34(33)20-35)30-8-10-31(11-9-30)36-23-51-43(52-36)39-21-48(16-17-48)26-57(39)44(58)40(27(2)3)54-46(60)62-5;1-23(2)35(47-39(50)51-3)38(49)48-22-40(12-13-40)17-34(48)37-44-20-32(46-37)26-6-4-25(5-7-26)27-8-9-29-16-30(11-10-28(29)15-27)33-21-43-36(45-33)31-14-24(18-41)19-42-31;1-4-5(2)6(7(10)11)9-8(12)13-3/h8-15,19-20,24,27-29,36,38-41,43,51-52H,7,16-18,21,23,25-26H2,1-6H3,(H,50,53)(H,54,60)(H,55,61);4-11,15-16,21,23-24,31-32,34-35,37,42,44,46H,12-14,17,19-20,22H2,1-3H3,(H,43,45)(H,47,50);5-6H,4H2,1-3H3,(H,9,12)(H,10,11)/t28-,29+,36?,38-,39-,40-,41-,43?;24-,31+,32?,34+,35+,37?;5-,6-/m010/s1. The highest BCUT2D eigenvalue weighted by molar-refractivity contribution is 5.93. The van der Waals surface area contributed by atoms with Crippen molar-refractivity contribution in [3.63, 3.8) is 0 Å². The molecule has 127 heavy (non-hydrogen) atoms. The van der Waals surface area contributed by atoms with E-state index in [1.54, 1.807) is 18.0 Å². The summed E-state index contributed by atoms with van der Waals surface area (Å²) in [6.45, 7) is 19.2. The predicted octanol–water partition coefficient (Wildman–Crippen LogP) is 12.6. The van der Waals surface area contributed by atoms with Gasteiger partial charge in [0.1, 0.15) is 35.8 Å². The fraction of sp³-hybridized carbons (Fsp3) is 0.500. The van der Waals surface area contributed by atoms with Gasteiger partial charge in [-0.3, -0.25) is 35.7 Å². The lowest BCUT2D eigenvalue weighted by Gasteiger charge is -2.33. The molecule has 8 fully saturated rings. The fourth-order valence-corrected chi connectivity index (χ4v) is 18.9. The summed E-state index contributed by atoms with van der Waals surface area (Å²) in [5, 5.41) is 61.2. The van der Waals surface area contributed by atoms with E-state index in [0.717, 1.165) is 131 Å². The topological polar surface area (TPSA) is 417 Å². The van der Waals surface area contributed by atoms with Crippen LogP contribution in [-0.2, 0) is 38.1 Å². The number of hydrogen-bond donors (Lipinski definition) is 12. The van der Waals surface area contributed by atoms with Crippen molar-refractivity contribution in [3.05, 3.63) is 156 Å². The number of hydrogen-bond acceptors (Lipinski definition) is 21. The molecule has 16 atom stereocenters. The van der Waals surface area contributed by atoms with Gasteiger partial charge < -0.3 is 75.3 Å². The van der Waals surface area contributed by atoms with E-state index in [1.807, 2.05) is 64.5 Å². The van der Waals surface area contributed by atoms with Crippen LogP contribution in [0.1, 0.15) is 167 Å². The van der Waals surface area contributed by atoms with E-state index in [-0.39, 0.29) is 113 Å². The zero-order valence-electron chi connectivity index (χ0n) is 74.4. The van der Waals surface area contributed by atoms with Gasteiger partial charge in [-0.25, -0.2) is 33.9 Å². The number of carbonyl (C=O) groups excluding carboxylic acids is 7. The second-order valence-corrected chi connectivity index (χ2v) is 36.5. The summed E-state index contributed by atoms with van der Waals surface area (Å²) in [6, 6.07) is 44.8. The number of benzene rings is 6. The Labute approximate surface area is 741 Å². The third-order valence-corrected chi connectivity index (χ3v) is 27.4. The van der Waals surface area contributed by atoms with Gasteiger partial charge >= 0.3 is 30.3 Å². The van der Waals surface area contributed by atoms with Crippen LogP contribution < -0.4 is 47.9 Å². The van der Waals surface area contributed by atoms with Crippen LogP contribution in [0.3, 0.4) is 0 Å². The van der Waals surface area contributed by atoms with Crippen LogP contribution in [0.2, 0.25) is 0 Å². The van der Waals surface area contributed by atoms with Crippen molar-refractivity contribution < 1.29 is 62.4 Å². The Hall–Kier alpha value is -12.0. The molecule has 16 rings (SSSR count). The number of carboxylic acids is 1. The molecule has 2 aromatic heterocycles. The van der Waals surface area contributed by atoms with Crippen molar-refractivity contribution in [1.29, 1.82) is 10.5 Å². The lowest BCUT2D eigenvalue weighted by molar-refractivity contribution is -0.141. The summed E-state index contributed by atoms with van der Waals surface area (Å²) in [6.07, 6.45) is 10.0. The molecule has 8 heterocycles. The number of ether oxygens (including phenoxy) is 4. The van der Waals surface area contributed by atoms with Crippen molar-refractivity contribution in [3.8, 4) is 56.9 Å². The number of rotatable bonds is 24. The number of imidazole rings is 2. The minimum Gasteiger partial charge on any atom is -0.480 e. The van der Waals surface area contributed by atoms with Crippen molar-refractivity contribution in [2.75, 3.05) is 67.7 Å². The molecule has 0 radical (unpaired) electrons. The van der Waals surface area contributed by atoms with E-state index < -0.39 is 60.6 Å². The number of likely N-dealkylation sites (tertiary alicyclic amines) is 3. The minimum absolute atomic E-state index is 0.0138. The van der Waals surface area contributed by atoms with E-state index in [4.69, 9.17) is 24.3 Å². The molecule has 2 spiro atoms. The number of H-pyrrole nitrogens is 2. The molecule has 7 amide bonds. The number of carbonyl (C=O) groups is 8. The molecule has 672 valence electrons. The van der Waals surface area contributed by atoms with Crippen LogP contribution in [0.5, 0.6) is 0 Å². The number of aromatic nitrogens is 4. The van der Waals surface area contributed by atoms with E-state index in [1.165, 1.54) is 45.0 Å². The summed E-state index contributed by atoms with van der Waals surface area (Å²) in [5.74, 6) is -0.625. The molecule has 31 nitrogen and oxygen atoms in total. The number of amides is 7. The maximum Gasteiger partial charge on any atom is 0.407 e. The largest absolute Gasteiger partial charge is 0.480 e. The quantitative estimate of drug-likeness (QED) is 0.0250. The highest BCUT2D eigenvalue weighted by Crippen LogP contribution is 2.57. The third kappa shape index (κ3) is 20.7. The van der Waals surface area contributed by atoms with Gasteiger partial charge in [0, 0.05) is 62.5 Å². The summed E-state index contributed by atoms with van der Waals surface area (Å²) in [7, 11) is 5.11. The van der Waals surface area contributed by atoms with Gasteiger partial charge in [-0.1, -0.05) is 165 Å². The molecule has 8 aliphatic rings. The van der Waals surface area contributed by atoms with Crippen molar-refractivity contribution in [2.45, 2.75) is 192 Å². The van der Waals surface area contributed by atoms with Crippen LogP contribution in [0.4, 0.5) is 19.2 Å². The number of nitrogens with zero attached hydrogens (tertiary/aromatic N) is 7. The number of alkyl carbamates (subject to hydrolysis) is 4. The molecule has 6 saturated heterocycles. The third-order valence-electron chi connectivity index (χ3n) is 27.4. The van der Waals surface area contributed by atoms with Crippen molar-refractivity contribution in [1.82, 2.24) is 82.5 Å². The number of aromatic amines is 2. The second kappa shape index (κ2) is 39.5. The maximum atomic E-state index is 13.9. The van der Waals surface area contributed by atoms with Crippen LogP contribution in [0, 0.1) is 69.0 Å². The first-order valence-electron chi connectivity index (χ1n) is 44.5. The van der Waals surface area contributed by atoms with Crippen LogP contribution in [0.25, 0.3) is 66.3 Å². The first kappa shape index (κ1) is 91.2. The summed E-state index contributed by atoms with van der Waals surface area (Å²) >= 11 is 0. The highest BCUT2D eigenvalue weighted by Gasteiger charge is 2.58. The monoisotopic (exact) mass is 1730 g/mol. The minimum atomic E-state index is -1.04. The van der Waals surface area contributed by atoms with Gasteiger partial charge in [-0.15, -0.1) is 0 Å². The zero-order valence-corrected chi connectivity index (χ0v) is 74.4. The van der Waals surface area contributed by atoms with Gasteiger partial charge in [0.2, 0.25) is 17.7 Å². The SMILES string of the molecule is CC[C@H](C)[C@H](NC(=O)OC)C(=O)N1C[C@@H](C#N)C[C@H]1c1ncc(-c2ccc3cc(-c4ccc(C5CNC([C@@H]6CC7(CC7)CN6C(=O)[C@@H](NC(=O)OC)C(C)C)N5)cc4)ccc3c2)[nH]1.CC[C@H](C)[C@H](NC(=O)OC)C(=O)O.COC(=O)N[C@H](C(=O)N1CC2(CC2)C[C@H]1C1NCC(c2ccc(-c3ccc4cc(-c5cnc([C@@H]6C[C@H](C#N)CN6)[nH]5)ccc4c3)cc2)N1)C(C)C. The van der Waals surface area contributed by atoms with Gasteiger partial charge in [0.25, 0.3) is 0 Å². The first-order valence-corrected chi connectivity index (χ1v) is 44.5. The number of methoxy groups -OCH3 is 4. The molecule has 8 aromatic rings. The number of aliphatic carboxylic acids is 1. The zero-order chi connectivity index (χ0) is 90.3. The van der Waals surface area contributed by atoms with E-state index in [0.29, 0.717) is 38.2 Å². The average Bonchev–Trinajstić information content (AvgIpc) is 1.60. The molecule has 6 aromatic carbocycles. The Balaban J connectivity index is 0.000000183. The fourth-order valence-electron chi connectivity index (χ4n) is 18.9. The van der Waals surface area contributed by atoms with E-state index in [9.17, 15) is 48.9 Å². The Morgan fingerprint density at radius 1 is 0.465 bits per heavy atom. The van der Waals surface area contributed by atoms with Gasteiger partial charge in [-0.2, -0.15) is 10.5 Å². The Bertz CT molecular complexity index is 5400. The Kier molecular flexibility index (Phi) is 28.4. The smallest absolute Gasteiger partial charge is 0.407 e. The molecule has 12 N–H and O–H groups in total. The van der Waals surface area contributed by atoms with E-state index in [2.05, 4.69) is 201 Å². The second-order valence-electron chi connectivity index (χ2n) is 36.5. The number of nitrogens with one attached hydrogen (secondary N) is 11. The Morgan fingerprint density at radius 2 is 0.843 bits per heavy atom. The first-order chi connectivity index (χ1) is 61.1. The normalized spacial score (nSPS) is 23.7. The van der Waals surface area contributed by atoms with Gasteiger partial charge in [0.15, 0.2) is 0 Å². The maximum absolute atomic E-state index is 13.9. The molecule has 0 bridgehead atoms. The molecule has 31 heteroatoms. The van der Waals surface area contributed by atoms with Crippen LogP contribution in [-0.4, -0.2) is 204 Å². The molecule has 2 saturated carbocycles. The van der Waals surface area contributed by atoms with Crippen molar-refractivity contribution in [2.24, 2.45) is 46.3 Å². The summed E-state index contributed by atoms with van der Waals surface area (Å²) in [5.41, 5.74) is 11.1. The Morgan fingerprint density at radius 3 is 1.24 bits per heavy atom. The van der Waals surface area contributed by atoms with Crippen LogP contribution in [0.15, 0.2) is 134 Å². The number of fused-ring (bicyclic) bond motifs is 2. The lowest BCUT2D eigenvalue weighted by Crippen LogP contribution is -2.57. The predicted molar refractivity (Wildman–Crippen MR) is 479 cm³/mol. The highest BCUT2D eigenvalue weighted by atomic mass is 16.6. The van der Waals surface area contributed by atoms with Crippen molar-refractivity contribution >= 4 is 69.6 Å². The molecule has 4 unspecified atom stereocenters. The molecular formula is C96H120N18O13.